The zero-order valence-corrected chi connectivity index (χ0v) is 12.1. The maximum Gasteiger partial charge on any atom is 0.239 e. The van der Waals surface area contributed by atoms with Crippen LogP contribution in [0.2, 0.25) is 0 Å². The van der Waals surface area contributed by atoms with Crippen molar-refractivity contribution in [3.8, 4) is 11.9 Å². The highest BCUT2D eigenvalue weighted by Crippen LogP contribution is 2.23. The fourth-order valence-electron chi connectivity index (χ4n) is 1.66. The van der Waals surface area contributed by atoms with E-state index in [-0.39, 0.29) is 0 Å². The van der Waals surface area contributed by atoms with Gasteiger partial charge in [0.1, 0.15) is 5.82 Å². The van der Waals surface area contributed by atoms with Gasteiger partial charge in [-0.25, -0.2) is 0 Å². The molecule has 6 nitrogen and oxygen atoms in total. The van der Waals surface area contributed by atoms with Crippen LogP contribution < -0.4 is 15.4 Å². The summed E-state index contributed by atoms with van der Waals surface area (Å²) in [4.78, 5) is 6.42. The Morgan fingerprint density at radius 3 is 2.80 bits per heavy atom. The minimum atomic E-state index is 0.431. The molecule has 0 fully saturated rings. The van der Waals surface area contributed by atoms with Crippen molar-refractivity contribution >= 4 is 11.5 Å². The maximum absolute atomic E-state index is 8.73. The number of pyridine rings is 1. The van der Waals surface area contributed by atoms with E-state index in [9.17, 15) is 0 Å². The SMILES string of the molecule is CCCOc1nc(N(CCC#N)CCOC)ccc1N. The quantitative estimate of drug-likeness (QED) is 0.741. The maximum atomic E-state index is 8.73. The van der Waals surface area contributed by atoms with E-state index in [1.54, 1.807) is 13.2 Å². The molecule has 0 unspecified atom stereocenters. The Bertz CT molecular complexity index is 445. The summed E-state index contributed by atoms with van der Waals surface area (Å²) in [6, 6.07) is 5.75. The number of ether oxygens (including phenoxy) is 2. The van der Waals surface area contributed by atoms with Gasteiger partial charge in [-0.15, -0.1) is 0 Å². The molecule has 0 radical (unpaired) electrons. The normalized spacial score (nSPS) is 10.1. The van der Waals surface area contributed by atoms with Gasteiger partial charge in [-0.3, -0.25) is 0 Å². The van der Waals surface area contributed by atoms with Crippen molar-refractivity contribution in [1.82, 2.24) is 4.98 Å². The van der Waals surface area contributed by atoms with Crippen LogP contribution in [0, 0.1) is 11.3 Å². The minimum absolute atomic E-state index is 0.431. The molecule has 0 aliphatic rings. The molecule has 0 saturated heterocycles. The first kappa shape index (κ1) is 16.1. The Balaban J connectivity index is 2.85. The summed E-state index contributed by atoms with van der Waals surface area (Å²) in [6.07, 6.45) is 1.33. The van der Waals surface area contributed by atoms with Gasteiger partial charge in [0, 0.05) is 20.2 Å². The number of rotatable bonds is 9. The molecule has 0 saturated carbocycles. The van der Waals surface area contributed by atoms with Gasteiger partial charge in [-0.05, 0) is 18.6 Å². The van der Waals surface area contributed by atoms with E-state index in [1.807, 2.05) is 17.9 Å². The molecule has 1 aromatic rings. The largest absolute Gasteiger partial charge is 0.476 e. The second-order valence-corrected chi connectivity index (χ2v) is 4.30. The van der Waals surface area contributed by atoms with Crippen molar-refractivity contribution in [2.75, 3.05) is 44.0 Å². The molecule has 0 amide bonds. The third-order valence-corrected chi connectivity index (χ3v) is 2.70. The van der Waals surface area contributed by atoms with Gasteiger partial charge >= 0.3 is 0 Å². The Hall–Kier alpha value is -2.00. The summed E-state index contributed by atoms with van der Waals surface area (Å²) in [5, 5.41) is 8.73. The lowest BCUT2D eigenvalue weighted by Gasteiger charge is -2.23. The van der Waals surface area contributed by atoms with Crippen molar-refractivity contribution < 1.29 is 9.47 Å². The molecule has 2 N–H and O–H groups in total. The summed E-state index contributed by atoms with van der Waals surface area (Å²) in [5.41, 5.74) is 6.37. The minimum Gasteiger partial charge on any atom is -0.476 e. The fraction of sp³-hybridized carbons (Fsp3) is 0.571. The third kappa shape index (κ3) is 4.94. The Labute approximate surface area is 120 Å². The van der Waals surface area contributed by atoms with Crippen LogP contribution in [0.25, 0.3) is 0 Å². The number of nitrogens with two attached hydrogens (primary N) is 1. The van der Waals surface area contributed by atoms with E-state index >= 15 is 0 Å². The predicted molar refractivity (Wildman–Crippen MR) is 78.8 cm³/mol. The van der Waals surface area contributed by atoms with E-state index in [2.05, 4.69) is 11.1 Å². The first-order chi connectivity index (χ1) is 9.72. The fourth-order valence-corrected chi connectivity index (χ4v) is 1.66. The highest BCUT2D eigenvalue weighted by Gasteiger charge is 2.11. The van der Waals surface area contributed by atoms with Crippen LogP contribution in [-0.2, 0) is 4.74 Å². The Morgan fingerprint density at radius 1 is 1.35 bits per heavy atom. The average molecular weight is 278 g/mol. The molecule has 0 atom stereocenters. The summed E-state index contributed by atoms with van der Waals surface area (Å²) < 4.78 is 10.6. The topological polar surface area (TPSA) is 84.4 Å². The monoisotopic (exact) mass is 278 g/mol. The van der Waals surface area contributed by atoms with Gasteiger partial charge in [0.05, 0.1) is 31.4 Å². The summed E-state index contributed by atoms with van der Waals surface area (Å²) in [7, 11) is 1.65. The summed E-state index contributed by atoms with van der Waals surface area (Å²) in [5.74, 6) is 1.20. The van der Waals surface area contributed by atoms with Crippen molar-refractivity contribution in [1.29, 1.82) is 5.26 Å². The molecular formula is C14H22N4O2. The van der Waals surface area contributed by atoms with E-state index in [4.69, 9.17) is 20.5 Å². The van der Waals surface area contributed by atoms with Crippen LogP contribution in [0.4, 0.5) is 11.5 Å². The number of aromatic nitrogens is 1. The summed E-state index contributed by atoms with van der Waals surface area (Å²) >= 11 is 0. The number of methoxy groups -OCH3 is 1. The third-order valence-electron chi connectivity index (χ3n) is 2.70. The van der Waals surface area contributed by atoms with Gasteiger partial charge in [0.2, 0.25) is 5.88 Å². The summed E-state index contributed by atoms with van der Waals surface area (Å²) in [6.45, 7) is 4.45. The van der Waals surface area contributed by atoms with Crippen molar-refractivity contribution in [3.05, 3.63) is 12.1 Å². The van der Waals surface area contributed by atoms with Crippen LogP contribution in [0.1, 0.15) is 19.8 Å². The van der Waals surface area contributed by atoms with Crippen molar-refractivity contribution in [2.45, 2.75) is 19.8 Å². The molecule has 0 spiro atoms. The van der Waals surface area contributed by atoms with Crippen molar-refractivity contribution in [2.24, 2.45) is 0 Å². The number of hydrogen-bond donors (Lipinski definition) is 1. The second-order valence-electron chi connectivity index (χ2n) is 4.30. The predicted octanol–water partition coefficient (Wildman–Crippen LogP) is 1.82. The highest BCUT2D eigenvalue weighted by atomic mass is 16.5. The Kier molecular flexibility index (Phi) is 7.22. The molecule has 0 bridgehead atoms. The van der Waals surface area contributed by atoms with Gasteiger partial charge < -0.3 is 20.1 Å². The average Bonchev–Trinajstić information content (AvgIpc) is 2.47. The van der Waals surface area contributed by atoms with E-state index in [1.165, 1.54) is 0 Å². The first-order valence-corrected chi connectivity index (χ1v) is 6.73. The molecule has 0 aliphatic carbocycles. The number of nitrogens with zero attached hydrogens (tertiary/aromatic N) is 3. The highest BCUT2D eigenvalue weighted by molar-refractivity contribution is 5.54. The zero-order valence-electron chi connectivity index (χ0n) is 12.1. The standard InChI is InChI=1S/C14H22N4O2/c1-3-10-20-14-12(16)5-6-13(17-14)18(8-4-7-15)9-11-19-2/h5-6H,3-4,8-11,16H2,1-2H3. The van der Waals surface area contributed by atoms with Crippen LogP contribution in [-0.4, -0.2) is 38.4 Å². The van der Waals surface area contributed by atoms with Crippen LogP contribution in [0.5, 0.6) is 5.88 Å². The molecule has 1 aromatic heterocycles. The van der Waals surface area contributed by atoms with Gasteiger partial charge in [0.25, 0.3) is 0 Å². The number of nitriles is 1. The molecule has 1 rings (SSSR count). The number of hydrogen-bond acceptors (Lipinski definition) is 6. The van der Waals surface area contributed by atoms with E-state index < -0.39 is 0 Å². The first-order valence-electron chi connectivity index (χ1n) is 6.73. The lowest BCUT2D eigenvalue weighted by molar-refractivity contribution is 0.205. The lowest BCUT2D eigenvalue weighted by Crippen LogP contribution is -2.29. The molecular weight excluding hydrogens is 256 g/mol. The smallest absolute Gasteiger partial charge is 0.239 e. The molecule has 0 aliphatic heterocycles. The van der Waals surface area contributed by atoms with Crippen molar-refractivity contribution in [3.63, 3.8) is 0 Å². The van der Waals surface area contributed by atoms with Crippen LogP contribution in [0.15, 0.2) is 12.1 Å². The molecule has 20 heavy (non-hydrogen) atoms. The Morgan fingerprint density at radius 2 is 2.15 bits per heavy atom. The van der Waals surface area contributed by atoms with Gasteiger partial charge in [-0.2, -0.15) is 10.2 Å². The molecule has 6 heteroatoms. The molecule has 110 valence electrons. The van der Waals surface area contributed by atoms with Gasteiger partial charge in [0.15, 0.2) is 0 Å². The van der Waals surface area contributed by atoms with Crippen LogP contribution >= 0.6 is 0 Å². The lowest BCUT2D eigenvalue weighted by atomic mass is 10.3. The second kappa shape index (κ2) is 8.99. The molecule has 0 aromatic carbocycles. The van der Waals surface area contributed by atoms with E-state index in [0.717, 1.165) is 12.2 Å². The van der Waals surface area contributed by atoms with E-state index in [0.29, 0.717) is 44.3 Å². The number of nitrogen functional groups attached to an aromatic ring is 1. The van der Waals surface area contributed by atoms with Gasteiger partial charge in [-0.1, -0.05) is 6.92 Å². The number of anilines is 2. The van der Waals surface area contributed by atoms with Crippen LogP contribution in [0.3, 0.4) is 0 Å². The molecule has 1 heterocycles. The zero-order chi connectivity index (χ0) is 14.8.